The lowest BCUT2D eigenvalue weighted by Gasteiger charge is -2.33. The van der Waals surface area contributed by atoms with E-state index in [0.29, 0.717) is 58.5 Å². The van der Waals surface area contributed by atoms with Crippen LogP contribution >= 0.6 is 0 Å². The summed E-state index contributed by atoms with van der Waals surface area (Å²) in [6.45, 7) is 6.82. The van der Waals surface area contributed by atoms with Gasteiger partial charge < -0.3 is 33.3 Å². The number of Topliss-reactive ketones (excluding diaryl/α,β-unsaturated/α-hetero) is 2. The first-order valence-corrected chi connectivity index (χ1v) is 19.5. The number of aromatic nitrogens is 4. The van der Waals surface area contributed by atoms with E-state index >= 15 is 0 Å². The predicted octanol–water partition coefficient (Wildman–Crippen LogP) is 3.96. The maximum absolute atomic E-state index is 13.0. The molecule has 4 heterocycles. The molecule has 2 aliphatic heterocycles. The first-order chi connectivity index (χ1) is 27.7. The van der Waals surface area contributed by atoms with E-state index in [1.165, 1.54) is 12.1 Å². The molecule has 2 aromatic heterocycles. The number of carbonyl (C=O) groups excluding carboxylic acids is 4. The number of aromatic amines is 1. The minimum Gasteiger partial charge on any atom is -0.491 e. The Bertz CT molecular complexity index is 2140. The molecule has 4 aliphatic rings. The van der Waals surface area contributed by atoms with E-state index in [-0.39, 0.29) is 54.5 Å². The third-order valence-electron chi connectivity index (χ3n) is 10.7. The zero-order valence-corrected chi connectivity index (χ0v) is 31.9. The third kappa shape index (κ3) is 8.99. The highest BCUT2D eigenvalue weighted by Crippen LogP contribution is 2.41. The van der Waals surface area contributed by atoms with Crippen molar-refractivity contribution >= 4 is 40.1 Å². The minimum atomic E-state index is -0.904. The minimum absolute atomic E-state index is 0.00169. The maximum Gasteiger partial charge on any atom is 0.262 e. The van der Waals surface area contributed by atoms with Gasteiger partial charge in [-0.3, -0.25) is 29.2 Å². The van der Waals surface area contributed by atoms with Gasteiger partial charge in [0.15, 0.2) is 5.78 Å². The molecule has 8 rings (SSSR count). The highest BCUT2D eigenvalue weighted by Gasteiger charge is 2.44. The van der Waals surface area contributed by atoms with Crippen LogP contribution < -0.4 is 14.4 Å². The molecule has 0 radical (unpaired) electrons. The Labute approximate surface area is 329 Å². The number of amides is 2. The Morgan fingerprint density at radius 3 is 2.40 bits per heavy atom. The summed E-state index contributed by atoms with van der Waals surface area (Å²) in [5.41, 5.74) is 2.76. The molecule has 2 aliphatic carbocycles. The Kier molecular flexibility index (Phi) is 11.5. The van der Waals surface area contributed by atoms with Crippen LogP contribution in [0.15, 0.2) is 48.8 Å². The molecule has 1 N–H and O–H groups in total. The van der Waals surface area contributed by atoms with Gasteiger partial charge in [0.1, 0.15) is 47.3 Å². The van der Waals surface area contributed by atoms with Gasteiger partial charge in [0.25, 0.3) is 11.8 Å². The summed E-state index contributed by atoms with van der Waals surface area (Å²) < 4.78 is 35.0. The summed E-state index contributed by atoms with van der Waals surface area (Å²) in [7, 11) is 0. The molecule has 16 heteroatoms. The number of ketones is 2. The average molecular weight is 783 g/mol. The number of nitrogens with zero attached hydrogens (tertiary/aromatic N) is 5. The van der Waals surface area contributed by atoms with Crippen molar-refractivity contribution in [2.45, 2.75) is 63.2 Å². The highest BCUT2D eigenvalue weighted by atomic mass is 16.6. The van der Waals surface area contributed by atoms with Crippen LogP contribution in [-0.4, -0.2) is 132 Å². The number of morpholine rings is 1. The molecule has 2 atom stereocenters. The smallest absolute Gasteiger partial charge is 0.262 e. The summed E-state index contributed by atoms with van der Waals surface area (Å²) in [5, 5.41) is 8.64. The quantitative estimate of drug-likeness (QED) is 0.0869. The monoisotopic (exact) mass is 782 g/mol. The Morgan fingerprint density at radius 1 is 0.860 bits per heavy atom. The molecule has 300 valence electrons. The van der Waals surface area contributed by atoms with Crippen molar-refractivity contribution in [3.05, 3.63) is 59.9 Å². The first-order valence-electron chi connectivity index (χ1n) is 19.5. The van der Waals surface area contributed by atoms with E-state index in [4.69, 9.17) is 28.4 Å². The third-order valence-corrected chi connectivity index (χ3v) is 10.7. The van der Waals surface area contributed by atoms with Gasteiger partial charge in [-0.25, -0.2) is 9.97 Å². The zero-order chi connectivity index (χ0) is 39.4. The van der Waals surface area contributed by atoms with Crippen molar-refractivity contribution in [2.75, 3.05) is 70.8 Å². The van der Waals surface area contributed by atoms with Crippen molar-refractivity contribution in [1.82, 2.24) is 25.1 Å². The van der Waals surface area contributed by atoms with Crippen LogP contribution in [-0.2, 0) is 28.5 Å². The largest absolute Gasteiger partial charge is 0.491 e. The second-order valence-corrected chi connectivity index (χ2v) is 14.9. The first kappa shape index (κ1) is 38.6. The number of carbonyl (C=O) groups is 4. The second kappa shape index (κ2) is 17.1. The molecule has 4 aromatic rings. The maximum atomic E-state index is 13.0. The fraction of sp³-hybridized carbons (Fsp3) is 0.488. The summed E-state index contributed by atoms with van der Waals surface area (Å²) in [4.78, 5) is 62.2. The molecular weight excluding hydrogens is 736 g/mol. The van der Waals surface area contributed by atoms with Gasteiger partial charge in [0.05, 0.1) is 80.5 Å². The predicted molar refractivity (Wildman–Crippen MR) is 205 cm³/mol. The average Bonchev–Trinajstić information content (AvgIpc) is 3.70. The second-order valence-electron chi connectivity index (χ2n) is 14.9. The van der Waals surface area contributed by atoms with Crippen molar-refractivity contribution in [2.24, 2.45) is 0 Å². The Morgan fingerprint density at radius 2 is 1.61 bits per heavy atom. The number of H-pyrrole nitrogens is 1. The lowest BCUT2D eigenvalue weighted by molar-refractivity contribution is -0.132. The lowest BCUT2D eigenvalue weighted by Crippen LogP contribution is -2.47. The number of benzene rings is 2. The number of nitrogens with one attached hydrogen (secondary N) is 1. The summed E-state index contributed by atoms with van der Waals surface area (Å²) >= 11 is 0. The fourth-order valence-electron chi connectivity index (χ4n) is 7.28. The van der Waals surface area contributed by atoms with Crippen LogP contribution in [0.4, 0.5) is 5.82 Å². The van der Waals surface area contributed by atoms with Crippen LogP contribution in [0.2, 0.25) is 0 Å². The van der Waals surface area contributed by atoms with E-state index in [1.807, 2.05) is 24.3 Å². The van der Waals surface area contributed by atoms with Gasteiger partial charge in [-0.05, 0) is 69.0 Å². The molecular formula is C41H46N6O10. The number of hydrogen-bond donors (Lipinski definition) is 1. The number of hydrogen-bond acceptors (Lipinski definition) is 14. The number of imide groups is 1. The van der Waals surface area contributed by atoms with E-state index in [9.17, 15) is 19.2 Å². The van der Waals surface area contributed by atoms with E-state index in [1.54, 1.807) is 12.4 Å². The van der Waals surface area contributed by atoms with Gasteiger partial charge >= 0.3 is 0 Å². The molecule has 0 bridgehead atoms. The van der Waals surface area contributed by atoms with Crippen molar-refractivity contribution in [3.8, 4) is 22.9 Å². The topological polar surface area (TPSA) is 185 Å². The Hall–Kier alpha value is -5.29. The Balaban J connectivity index is 0.694. The van der Waals surface area contributed by atoms with E-state index < -0.39 is 23.6 Å². The molecule has 2 amide bonds. The van der Waals surface area contributed by atoms with Gasteiger partial charge in [-0.2, -0.15) is 5.10 Å². The van der Waals surface area contributed by atoms with Crippen LogP contribution in [0, 0.1) is 0 Å². The fourth-order valence-corrected chi connectivity index (χ4v) is 7.28. The van der Waals surface area contributed by atoms with E-state index in [2.05, 4.69) is 32.0 Å². The number of anilines is 1. The summed E-state index contributed by atoms with van der Waals surface area (Å²) in [6.07, 6.45) is 4.52. The van der Waals surface area contributed by atoms with Crippen LogP contribution in [0.5, 0.6) is 11.5 Å². The van der Waals surface area contributed by atoms with Gasteiger partial charge in [-0.1, -0.05) is 0 Å². The van der Waals surface area contributed by atoms with E-state index in [0.717, 1.165) is 64.6 Å². The SMILES string of the molecule is CC1(Oc2ccc3[nH]nc(-c4cc(N5CCO[C@@H](CCOCCOCCOCCOc6ccc7c(c6)C(=O)N(C6CCC(=O)CC6=O)C7=O)C5)ncn4)c3c2)CC1. The van der Waals surface area contributed by atoms with Gasteiger partial charge in [-0.15, -0.1) is 0 Å². The normalized spacial score (nSPS) is 20.4. The molecule has 16 nitrogen and oxygen atoms in total. The standard InChI is InChI=1S/C41H46N6O10/c1-41(9-10-41)57-28-4-6-33-32(22-28)38(45-44-33)34-23-37(43-25-42-34)46-11-13-55-29(24-46)8-12-52-14-15-53-16-17-54-18-19-56-27-3-5-30-31(21-27)40(51)47(39(30)50)35-7-2-26(48)20-36(35)49/h3-6,21-23,25,29,35H,2,7-20,24H2,1H3,(H,44,45)/t29-,35?/m0/s1. The van der Waals surface area contributed by atoms with Crippen LogP contribution in [0.3, 0.4) is 0 Å². The van der Waals surface area contributed by atoms with Crippen LogP contribution in [0.25, 0.3) is 22.3 Å². The lowest BCUT2D eigenvalue weighted by atomic mass is 9.92. The number of fused-ring (bicyclic) bond motifs is 2. The molecule has 2 saturated carbocycles. The summed E-state index contributed by atoms with van der Waals surface area (Å²) in [5.74, 6) is 0.430. The van der Waals surface area contributed by atoms with Crippen molar-refractivity contribution in [3.63, 3.8) is 0 Å². The molecule has 0 spiro atoms. The number of ether oxygens (including phenoxy) is 6. The summed E-state index contributed by atoms with van der Waals surface area (Å²) in [6, 6.07) is 11.7. The molecule has 2 aromatic carbocycles. The zero-order valence-electron chi connectivity index (χ0n) is 31.9. The number of rotatable bonds is 18. The molecule has 1 unspecified atom stereocenters. The highest BCUT2D eigenvalue weighted by molar-refractivity contribution is 6.23. The van der Waals surface area contributed by atoms with Gasteiger partial charge in [0.2, 0.25) is 0 Å². The molecule has 3 fully saturated rings. The molecule has 57 heavy (non-hydrogen) atoms. The van der Waals surface area contributed by atoms with Crippen molar-refractivity contribution < 1.29 is 47.6 Å². The van der Waals surface area contributed by atoms with Gasteiger partial charge in [0, 0.05) is 37.6 Å². The van der Waals surface area contributed by atoms with Crippen LogP contribution in [0.1, 0.15) is 66.2 Å². The molecule has 1 saturated heterocycles. The van der Waals surface area contributed by atoms with Crippen molar-refractivity contribution in [1.29, 1.82) is 0 Å².